The number of aromatic nitrogens is 2. The average Bonchev–Trinajstić information content (AvgIpc) is 2.90. The van der Waals surface area contributed by atoms with Crippen LogP contribution in [0.1, 0.15) is 5.82 Å². The van der Waals surface area contributed by atoms with Gasteiger partial charge >= 0.3 is 6.18 Å². The minimum atomic E-state index is -4.66. The van der Waals surface area contributed by atoms with Crippen LogP contribution in [0.3, 0.4) is 0 Å². The van der Waals surface area contributed by atoms with Crippen molar-refractivity contribution in [1.29, 1.82) is 0 Å². The van der Waals surface area contributed by atoms with Crippen LogP contribution in [0.2, 0.25) is 20.1 Å². The Morgan fingerprint density at radius 3 is 1.60 bits per heavy atom. The van der Waals surface area contributed by atoms with Gasteiger partial charge in [-0.2, -0.15) is 13.2 Å². The number of benzene rings is 2. The van der Waals surface area contributed by atoms with Gasteiger partial charge in [-0.1, -0.05) is 46.4 Å². The molecule has 0 aliphatic carbocycles. The molecule has 0 saturated carbocycles. The van der Waals surface area contributed by atoms with Crippen LogP contribution in [-0.4, -0.2) is 9.97 Å². The first-order valence-electron chi connectivity index (χ1n) is 6.73. The van der Waals surface area contributed by atoms with Crippen LogP contribution < -0.4 is 0 Å². The monoisotopic (exact) mass is 424 g/mol. The first kappa shape index (κ1) is 18.4. The number of halogens is 7. The summed E-state index contributed by atoms with van der Waals surface area (Å²) in [5, 5.41) is 1.10. The molecule has 0 radical (unpaired) electrons. The summed E-state index contributed by atoms with van der Waals surface area (Å²) in [6.45, 7) is 0. The maximum absolute atomic E-state index is 13.1. The van der Waals surface area contributed by atoms with Crippen molar-refractivity contribution in [3.8, 4) is 22.5 Å². The van der Waals surface area contributed by atoms with Crippen LogP contribution in [0.25, 0.3) is 22.5 Å². The van der Waals surface area contributed by atoms with Crippen molar-refractivity contribution in [2.45, 2.75) is 6.18 Å². The maximum Gasteiger partial charge on any atom is 0.449 e. The van der Waals surface area contributed by atoms with Crippen LogP contribution in [0, 0.1) is 0 Å². The lowest BCUT2D eigenvalue weighted by molar-refractivity contribution is -0.144. The highest BCUT2D eigenvalue weighted by atomic mass is 35.5. The molecule has 3 aromatic rings. The molecule has 0 unspecified atom stereocenters. The molecule has 0 fully saturated rings. The van der Waals surface area contributed by atoms with Crippen LogP contribution in [0.5, 0.6) is 0 Å². The highest BCUT2D eigenvalue weighted by Crippen LogP contribution is 2.38. The summed E-state index contributed by atoms with van der Waals surface area (Å²) >= 11 is 23.8. The van der Waals surface area contributed by atoms with Crippen molar-refractivity contribution in [3.05, 3.63) is 62.3 Å². The second kappa shape index (κ2) is 6.72. The summed E-state index contributed by atoms with van der Waals surface area (Å²) in [6.07, 6.45) is -4.66. The lowest BCUT2D eigenvalue weighted by Crippen LogP contribution is -2.07. The third-order valence-corrected chi connectivity index (χ3v) is 4.13. The van der Waals surface area contributed by atoms with E-state index in [1.54, 1.807) is 0 Å². The molecule has 1 N–H and O–H groups in total. The van der Waals surface area contributed by atoms with E-state index in [1.165, 1.54) is 36.4 Å². The van der Waals surface area contributed by atoms with Gasteiger partial charge in [0.25, 0.3) is 0 Å². The van der Waals surface area contributed by atoms with E-state index in [9.17, 15) is 13.2 Å². The molecule has 0 aliphatic heterocycles. The van der Waals surface area contributed by atoms with Crippen molar-refractivity contribution >= 4 is 46.4 Å². The van der Waals surface area contributed by atoms with Crippen molar-refractivity contribution in [3.63, 3.8) is 0 Å². The molecule has 0 atom stereocenters. The average molecular weight is 426 g/mol. The zero-order valence-corrected chi connectivity index (χ0v) is 15.1. The second-order valence-corrected chi connectivity index (χ2v) is 6.87. The topological polar surface area (TPSA) is 28.7 Å². The second-order valence-electron chi connectivity index (χ2n) is 5.12. The Labute approximate surface area is 160 Å². The van der Waals surface area contributed by atoms with Crippen molar-refractivity contribution in [2.24, 2.45) is 0 Å². The van der Waals surface area contributed by atoms with Crippen LogP contribution in [0.4, 0.5) is 13.2 Å². The molecule has 0 bridgehead atoms. The molecule has 0 amide bonds. The summed E-state index contributed by atoms with van der Waals surface area (Å²) in [7, 11) is 0. The predicted octanol–water partition coefficient (Wildman–Crippen LogP) is 7.38. The van der Waals surface area contributed by atoms with E-state index in [-0.39, 0.29) is 31.5 Å². The number of nitrogens with one attached hydrogen (secondary N) is 1. The van der Waals surface area contributed by atoms with Crippen LogP contribution in [-0.2, 0) is 6.18 Å². The van der Waals surface area contributed by atoms with Gasteiger partial charge in [0.05, 0.1) is 11.4 Å². The fourth-order valence-corrected chi connectivity index (χ4v) is 3.37. The SMILES string of the molecule is FC(F)(F)c1nc(-c2cc(Cl)cc(Cl)c2)c(-c2cc(Cl)cc(Cl)c2)[nH]1. The molecular weight excluding hydrogens is 419 g/mol. The number of imidazole rings is 1. The van der Waals surface area contributed by atoms with E-state index >= 15 is 0 Å². The Morgan fingerprint density at radius 2 is 1.16 bits per heavy atom. The van der Waals surface area contributed by atoms with E-state index in [2.05, 4.69) is 9.97 Å². The van der Waals surface area contributed by atoms with Crippen molar-refractivity contribution < 1.29 is 13.2 Å². The van der Waals surface area contributed by atoms with Crippen LogP contribution >= 0.6 is 46.4 Å². The summed E-state index contributed by atoms with van der Waals surface area (Å²) < 4.78 is 39.4. The van der Waals surface area contributed by atoms with Crippen LogP contribution in [0.15, 0.2) is 36.4 Å². The van der Waals surface area contributed by atoms with E-state index < -0.39 is 12.0 Å². The summed E-state index contributed by atoms with van der Waals surface area (Å²) in [5.74, 6) is -1.15. The first-order chi connectivity index (χ1) is 11.6. The maximum atomic E-state index is 13.1. The van der Waals surface area contributed by atoms with Crippen molar-refractivity contribution in [2.75, 3.05) is 0 Å². The van der Waals surface area contributed by atoms with Gasteiger partial charge in [0, 0.05) is 31.2 Å². The van der Waals surface area contributed by atoms with Gasteiger partial charge in [0.2, 0.25) is 5.82 Å². The standard InChI is InChI=1S/C16H7Cl4F3N2/c17-9-1-7(2-10(18)5-9)13-14(25-15(24-13)16(21,22)23)8-3-11(19)6-12(20)4-8/h1-6H,(H,24,25). The van der Waals surface area contributed by atoms with Gasteiger partial charge in [0.1, 0.15) is 0 Å². The lowest BCUT2D eigenvalue weighted by Gasteiger charge is -2.06. The molecule has 0 spiro atoms. The largest absolute Gasteiger partial charge is 0.449 e. The van der Waals surface area contributed by atoms with Gasteiger partial charge in [-0.05, 0) is 36.4 Å². The Balaban J connectivity index is 2.28. The Bertz CT molecular complexity index is 842. The van der Waals surface area contributed by atoms with Gasteiger partial charge in [-0.25, -0.2) is 4.98 Å². The molecular formula is C16H7Cl4F3N2. The van der Waals surface area contributed by atoms with E-state index in [1.807, 2.05) is 0 Å². The molecule has 2 nitrogen and oxygen atoms in total. The quantitative estimate of drug-likeness (QED) is 0.455. The number of H-pyrrole nitrogens is 1. The normalized spacial score (nSPS) is 11.8. The lowest BCUT2D eigenvalue weighted by atomic mass is 10.1. The van der Waals surface area contributed by atoms with E-state index in [0.717, 1.165) is 0 Å². The Morgan fingerprint density at radius 1 is 0.720 bits per heavy atom. The molecule has 2 aromatic carbocycles. The predicted molar refractivity (Wildman–Crippen MR) is 94.5 cm³/mol. The number of rotatable bonds is 2. The zero-order valence-electron chi connectivity index (χ0n) is 12.1. The molecule has 3 rings (SSSR count). The molecule has 9 heteroatoms. The van der Waals surface area contributed by atoms with Crippen molar-refractivity contribution in [1.82, 2.24) is 9.97 Å². The van der Waals surface area contributed by atoms with E-state index in [4.69, 9.17) is 46.4 Å². The fourth-order valence-electron chi connectivity index (χ4n) is 2.31. The number of aromatic amines is 1. The summed E-state index contributed by atoms with van der Waals surface area (Å²) in [6, 6.07) is 8.86. The van der Waals surface area contributed by atoms with Gasteiger partial charge in [0.15, 0.2) is 0 Å². The minimum Gasteiger partial charge on any atom is -0.334 e. The summed E-state index contributed by atoms with van der Waals surface area (Å²) in [4.78, 5) is 5.98. The highest BCUT2D eigenvalue weighted by molar-refractivity contribution is 6.35. The van der Waals surface area contributed by atoms with E-state index in [0.29, 0.717) is 11.1 Å². The highest BCUT2D eigenvalue weighted by Gasteiger charge is 2.36. The molecule has 130 valence electrons. The minimum absolute atomic E-state index is 0.0371. The molecule has 1 heterocycles. The molecule has 25 heavy (non-hydrogen) atoms. The number of nitrogens with zero attached hydrogens (tertiary/aromatic N) is 1. The fraction of sp³-hybridized carbons (Fsp3) is 0.0625. The van der Waals surface area contributed by atoms with Gasteiger partial charge in [-0.15, -0.1) is 0 Å². The third-order valence-electron chi connectivity index (χ3n) is 3.26. The molecule has 0 saturated heterocycles. The third kappa shape index (κ3) is 4.06. The Kier molecular flexibility index (Phi) is 4.95. The number of alkyl halides is 3. The van der Waals surface area contributed by atoms with Gasteiger partial charge in [-0.3, -0.25) is 0 Å². The number of hydrogen-bond donors (Lipinski definition) is 1. The summed E-state index contributed by atoms with van der Waals surface area (Å²) in [5.41, 5.74) is 0.826. The number of hydrogen-bond acceptors (Lipinski definition) is 1. The Hall–Kier alpha value is -1.40. The zero-order chi connectivity index (χ0) is 18.4. The smallest absolute Gasteiger partial charge is 0.334 e. The first-order valence-corrected chi connectivity index (χ1v) is 8.25. The molecule has 0 aliphatic rings. The molecule has 1 aromatic heterocycles. The van der Waals surface area contributed by atoms with Gasteiger partial charge < -0.3 is 4.98 Å².